The Balaban J connectivity index is 1.17. The van der Waals surface area contributed by atoms with Gasteiger partial charge in [-0.25, -0.2) is 9.59 Å². The minimum Gasteiger partial charge on any atom is -0.461 e. The summed E-state index contributed by atoms with van der Waals surface area (Å²) < 4.78 is 18.2. The first-order chi connectivity index (χ1) is 28.3. The third kappa shape index (κ3) is 9.82. The van der Waals surface area contributed by atoms with Gasteiger partial charge in [0.05, 0.1) is 36.3 Å². The third-order valence-corrected chi connectivity index (χ3v) is 11.5. The second kappa shape index (κ2) is 17.7. The van der Waals surface area contributed by atoms with Crippen LogP contribution in [-0.4, -0.2) is 114 Å². The molecule has 3 heterocycles. The number of anilines is 2. The molecule has 3 aliphatic rings. The van der Waals surface area contributed by atoms with Crippen molar-refractivity contribution in [3.8, 4) is 12.1 Å². The number of carbonyl (C=O) groups excluding carboxylic acids is 2. The van der Waals surface area contributed by atoms with Gasteiger partial charge in [0.15, 0.2) is 0 Å². The molecule has 1 atom stereocenters. The Morgan fingerprint density at radius 3 is 2.42 bits per heavy atom. The Bertz CT molecular complexity index is 2160. The molecule has 4 aromatic rings. The van der Waals surface area contributed by atoms with Crippen LogP contribution in [0.25, 0.3) is 10.8 Å². The summed E-state index contributed by atoms with van der Waals surface area (Å²) in [5, 5.41) is 12.3. The van der Waals surface area contributed by atoms with Gasteiger partial charge in [-0.3, -0.25) is 4.90 Å². The van der Waals surface area contributed by atoms with Crippen LogP contribution in [0.4, 0.5) is 21.1 Å². The highest BCUT2D eigenvalue weighted by molar-refractivity contribution is 5.97. The molecule has 0 unspecified atom stereocenters. The average Bonchev–Trinajstić information content (AvgIpc) is 4.00. The number of ether oxygens (including phenoxy) is 3. The molecular formula is C46H58N8O5. The van der Waals surface area contributed by atoms with E-state index in [2.05, 4.69) is 64.1 Å². The molecule has 1 saturated heterocycles. The number of benzene rings is 3. The van der Waals surface area contributed by atoms with Crippen LogP contribution in [0.2, 0.25) is 0 Å². The molecule has 7 rings (SSSR count). The topological polar surface area (TPSA) is 128 Å². The first kappa shape index (κ1) is 41.5. The summed E-state index contributed by atoms with van der Waals surface area (Å²) in [7, 11) is 4.06. The molecule has 0 bridgehead atoms. The van der Waals surface area contributed by atoms with Gasteiger partial charge >= 0.3 is 18.2 Å². The lowest BCUT2D eigenvalue weighted by Gasteiger charge is -2.42. The smallest absolute Gasteiger partial charge is 0.410 e. The number of hydrogen-bond acceptors (Lipinski definition) is 11. The van der Waals surface area contributed by atoms with E-state index in [-0.39, 0.29) is 31.7 Å². The maximum atomic E-state index is 13.7. The molecule has 0 N–H and O–H groups in total. The Hall–Kier alpha value is -5.61. The number of rotatable bonds is 13. The highest BCUT2D eigenvalue weighted by Gasteiger charge is 2.52. The Kier molecular flexibility index (Phi) is 12.5. The predicted molar refractivity (Wildman–Crippen MR) is 229 cm³/mol. The fourth-order valence-electron chi connectivity index (χ4n) is 8.28. The number of carbonyl (C=O) groups is 2. The second-order valence-electron chi connectivity index (χ2n) is 17.4. The number of aromatic nitrogens is 2. The number of nitriles is 1. The fraction of sp³-hybridized carbons (Fsp3) is 0.500. The van der Waals surface area contributed by atoms with E-state index in [0.717, 1.165) is 60.7 Å². The molecular weight excluding hydrogens is 745 g/mol. The van der Waals surface area contributed by atoms with Gasteiger partial charge in [-0.2, -0.15) is 15.2 Å². The van der Waals surface area contributed by atoms with E-state index < -0.39 is 23.3 Å². The van der Waals surface area contributed by atoms with Gasteiger partial charge in [0.2, 0.25) is 0 Å². The van der Waals surface area contributed by atoms with E-state index in [4.69, 9.17) is 24.2 Å². The maximum absolute atomic E-state index is 13.7. The van der Waals surface area contributed by atoms with Crippen LogP contribution in [0, 0.1) is 18.3 Å². The van der Waals surface area contributed by atoms with E-state index in [1.165, 1.54) is 16.3 Å². The lowest BCUT2D eigenvalue weighted by molar-refractivity contribution is 0.00526. The van der Waals surface area contributed by atoms with Crippen molar-refractivity contribution >= 4 is 34.5 Å². The standard InChI is InChI=1S/C46H58N8O5/c1-33-13-10-16-35-17-11-18-39(40(33)35)51-26-20-37-38(30-51)48-42(58-32-46(21-22-46)54(25-12-24-50(5)6)44(56)59-45(2,3)4)49-41(37)52-27-28-53(36(29-52)19-23-47)43(55)57-31-34-14-8-7-9-15-34/h7-11,13-18,36H,12,19-22,24-32H2,1-6H3/t36-/m0/s1. The van der Waals surface area contributed by atoms with E-state index >= 15 is 0 Å². The summed E-state index contributed by atoms with van der Waals surface area (Å²) in [5.74, 6) is 0.763. The van der Waals surface area contributed by atoms with Crippen molar-refractivity contribution in [1.82, 2.24) is 24.7 Å². The summed E-state index contributed by atoms with van der Waals surface area (Å²) in [6.45, 7) is 12.2. The zero-order valence-corrected chi connectivity index (χ0v) is 35.4. The van der Waals surface area contributed by atoms with Gasteiger partial charge in [-0.1, -0.05) is 60.7 Å². The molecule has 1 saturated carbocycles. The molecule has 59 heavy (non-hydrogen) atoms. The molecule has 0 radical (unpaired) electrons. The van der Waals surface area contributed by atoms with Crippen molar-refractivity contribution < 1.29 is 23.8 Å². The number of hydrogen-bond donors (Lipinski definition) is 0. The molecule has 13 nitrogen and oxygen atoms in total. The van der Waals surface area contributed by atoms with Crippen molar-refractivity contribution in [1.29, 1.82) is 5.26 Å². The molecule has 2 aliphatic heterocycles. The van der Waals surface area contributed by atoms with Gasteiger partial charge in [0.1, 0.15) is 24.6 Å². The quantitative estimate of drug-likeness (QED) is 0.135. The lowest BCUT2D eigenvalue weighted by atomic mass is 9.99. The van der Waals surface area contributed by atoms with Gasteiger partial charge in [-0.15, -0.1) is 0 Å². The minimum atomic E-state index is -0.634. The normalized spacial score (nSPS) is 17.3. The summed E-state index contributed by atoms with van der Waals surface area (Å²) >= 11 is 0. The van der Waals surface area contributed by atoms with E-state index in [1.54, 1.807) is 4.90 Å². The van der Waals surface area contributed by atoms with Crippen LogP contribution in [-0.2, 0) is 29.0 Å². The molecule has 2 amide bonds. The molecule has 1 aliphatic carbocycles. The van der Waals surface area contributed by atoms with Crippen LogP contribution >= 0.6 is 0 Å². The fourth-order valence-corrected chi connectivity index (χ4v) is 8.28. The Labute approximate surface area is 348 Å². The van der Waals surface area contributed by atoms with E-state index in [9.17, 15) is 14.9 Å². The van der Waals surface area contributed by atoms with Gasteiger partial charge in [0, 0.05) is 49.4 Å². The largest absolute Gasteiger partial charge is 0.461 e. The van der Waals surface area contributed by atoms with Crippen LogP contribution < -0.4 is 14.5 Å². The molecule has 312 valence electrons. The number of nitrogens with zero attached hydrogens (tertiary/aromatic N) is 8. The predicted octanol–water partition coefficient (Wildman–Crippen LogP) is 7.34. The van der Waals surface area contributed by atoms with Crippen LogP contribution in [0.1, 0.15) is 68.8 Å². The van der Waals surface area contributed by atoms with Crippen molar-refractivity contribution in [2.75, 3.05) is 69.8 Å². The molecule has 1 aromatic heterocycles. The number of aryl methyl sites for hydroxylation is 1. The van der Waals surface area contributed by atoms with Crippen molar-refractivity contribution in [3.05, 3.63) is 89.1 Å². The SMILES string of the molecule is Cc1cccc2cccc(N3CCc4c(nc(OCC5(N(CCCN(C)C)C(=O)OC(C)(C)C)CC5)nc4N4CCN(C(=O)OCc5ccccc5)[C@@H](CC#N)C4)C3)c12. The zero-order chi connectivity index (χ0) is 41.7. The zero-order valence-electron chi connectivity index (χ0n) is 35.4. The minimum absolute atomic E-state index is 0.151. The number of amides is 2. The first-order valence-electron chi connectivity index (χ1n) is 20.8. The molecule has 3 aromatic carbocycles. The summed E-state index contributed by atoms with van der Waals surface area (Å²) in [5.41, 5.74) is 4.04. The summed E-state index contributed by atoms with van der Waals surface area (Å²) in [4.78, 5) is 47.5. The summed E-state index contributed by atoms with van der Waals surface area (Å²) in [6, 6.07) is 24.6. The number of fused-ring (bicyclic) bond motifs is 2. The Morgan fingerprint density at radius 1 is 0.949 bits per heavy atom. The third-order valence-electron chi connectivity index (χ3n) is 11.5. The van der Waals surface area contributed by atoms with Gasteiger partial charge < -0.3 is 33.8 Å². The lowest BCUT2D eigenvalue weighted by Crippen LogP contribution is -2.55. The maximum Gasteiger partial charge on any atom is 0.410 e. The monoisotopic (exact) mass is 802 g/mol. The first-order valence-corrected chi connectivity index (χ1v) is 20.8. The van der Waals surface area contributed by atoms with Gasteiger partial charge in [-0.05, 0) is 96.6 Å². The van der Waals surface area contributed by atoms with Crippen molar-refractivity contribution in [2.24, 2.45) is 0 Å². The van der Waals surface area contributed by atoms with Crippen molar-refractivity contribution in [3.63, 3.8) is 0 Å². The Morgan fingerprint density at radius 2 is 1.71 bits per heavy atom. The van der Waals surface area contributed by atoms with Crippen LogP contribution in [0.3, 0.4) is 0 Å². The second-order valence-corrected chi connectivity index (χ2v) is 17.4. The highest BCUT2D eigenvalue weighted by atomic mass is 16.6. The van der Waals surface area contributed by atoms with Crippen LogP contribution in [0.15, 0.2) is 66.7 Å². The van der Waals surface area contributed by atoms with Crippen LogP contribution in [0.5, 0.6) is 6.01 Å². The highest BCUT2D eigenvalue weighted by Crippen LogP contribution is 2.43. The van der Waals surface area contributed by atoms with Crippen molar-refractivity contribution in [2.45, 2.75) is 90.1 Å². The average molecular weight is 803 g/mol. The number of piperazine rings is 1. The summed E-state index contributed by atoms with van der Waals surface area (Å²) in [6.07, 6.45) is 2.46. The molecule has 13 heteroatoms. The molecule has 0 spiro atoms. The van der Waals surface area contributed by atoms with Gasteiger partial charge in [0.25, 0.3) is 0 Å². The van der Waals surface area contributed by atoms with E-state index in [1.807, 2.05) is 70.1 Å². The van der Waals surface area contributed by atoms with E-state index in [0.29, 0.717) is 39.1 Å². The molecule has 2 fully saturated rings.